The van der Waals surface area contributed by atoms with Gasteiger partial charge in [0.05, 0.1) is 0 Å². The second kappa shape index (κ2) is 7.49. The van der Waals surface area contributed by atoms with E-state index in [-0.39, 0.29) is 0 Å². The Hall–Kier alpha value is -0.0800. The van der Waals surface area contributed by atoms with Crippen LogP contribution in [0, 0.1) is 11.8 Å². The first-order valence-corrected chi connectivity index (χ1v) is 8.13. The molecule has 0 spiro atoms. The van der Waals surface area contributed by atoms with Crippen molar-refractivity contribution in [3.05, 3.63) is 0 Å². The minimum Gasteiger partial charge on any atom is -0.306 e. The zero-order valence-electron chi connectivity index (χ0n) is 12.5. The maximum absolute atomic E-state index is 2.58. The Morgan fingerprint density at radius 1 is 0.611 bits per heavy atom. The molecular formula is C16H32N2. The third-order valence-corrected chi connectivity index (χ3v) is 4.99. The van der Waals surface area contributed by atoms with Crippen molar-refractivity contribution in [3.63, 3.8) is 0 Å². The quantitative estimate of drug-likeness (QED) is 0.707. The summed E-state index contributed by atoms with van der Waals surface area (Å²) in [5, 5.41) is 0. The van der Waals surface area contributed by atoms with Gasteiger partial charge in [-0.3, -0.25) is 0 Å². The van der Waals surface area contributed by atoms with Crippen molar-refractivity contribution in [1.29, 1.82) is 0 Å². The molecular weight excluding hydrogens is 220 g/mol. The molecule has 1 aliphatic carbocycles. The van der Waals surface area contributed by atoms with E-state index in [1.807, 2.05) is 0 Å². The first-order valence-electron chi connectivity index (χ1n) is 8.13. The smallest absolute Gasteiger partial charge is 0.00215 e. The topological polar surface area (TPSA) is 6.48 Å². The number of nitrogens with zero attached hydrogens (tertiary/aromatic N) is 2. The molecule has 0 N–H and O–H groups in total. The highest BCUT2D eigenvalue weighted by Gasteiger charge is 2.25. The van der Waals surface area contributed by atoms with Gasteiger partial charge in [0.1, 0.15) is 0 Å². The summed E-state index contributed by atoms with van der Waals surface area (Å²) in [4.78, 5) is 5.16. The highest BCUT2D eigenvalue weighted by Crippen LogP contribution is 2.30. The van der Waals surface area contributed by atoms with Gasteiger partial charge >= 0.3 is 0 Å². The molecule has 1 saturated heterocycles. The van der Waals surface area contributed by atoms with Gasteiger partial charge in [-0.05, 0) is 45.4 Å². The van der Waals surface area contributed by atoms with Crippen LogP contribution in [0.1, 0.15) is 51.4 Å². The Labute approximate surface area is 114 Å². The van der Waals surface area contributed by atoms with E-state index >= 15 is 0 Å². The van der Waals surface area contributed by atoms with Gasteiger partial charge in [0.2, 0.25) is 0 Å². The molecule has 106 valence electrons. The lowest BCUT2D eigenvalue weighted by Crippen LogP contribution is -2.42. The minimum absolute atomic E-state index is 0.915. The van der Waals surface area contributed by atoms with Gasteiger partial charge in [-0.2, -0.15) is 0 Å². The van der Waals surface area contributed by atoms with Crippen molar-refractivity contribution >= 4 is 0 Å². The molecule has 0 bridgehead atoms. The van der Waals surface area contributed by atoms with Gasteiger partial charge in [-0.25, -0.2) is 0 Å². The Morgan fingerprint density at radius 3 is 1.67 bits per heavy atom. The van der Waals surface area contributed by atoms with E-state index in [1.54, 1.807) is 0 Å². The summed E-state index contributed by atoms with van der Waals surface area (Å²) < 4.78 is 0. The zero-order chi connectivity index (χ0) is 12.8. The summed E-state index contributed by atoms with van der Waals surface area (Å²) in [6.07, 6.45) is 11.7. The van der Waals surface area contributed by atoms with Crippen molar-refractivity contribution in [2.45, 2.75) is 51.4 Å². The molecule has 2 fully saturated rings. The fraction of sp³-hybridized carbons (Fsp3) is 1.00. The van der Waals surface area contributed by atoms with Crippen molar-refractivity contribution in [2.75, 3.05) is 40.3 Å². The molecule has 2 aliphatic rings. The van der Waals surface area contributed by atoms with Crippen LogP contribution >= 0.6 is 0 Å². The van der Waals surface area contributed by atoms with E-state index < -0.39 is 0 Å². The largest absolute Gasteiger partial charge is 0.306 e. The molecule has 0 aromatic heterocycles. The molecule has 1 saturated carbocycles. The van der Waals surface area contributed by atoms with E-state index in [1.165, 1.54) is 77.5 Å². The van der Waals surface area contributed by atoms with Gasteiger partial charge in [0, 0.05) is 13.1 Å². The van der Waals surface area contributed by atoms with Gasteiger partial charge in [-0.15, -0.1) is 0 Å². The van der Waals surface area contributed by atoms with Crippen LogP contribution in [0.3, 0.4) is 0 Å². The maximum Gasteiger partial charge on any atom is 0.00215 e. The number of rotatable bonds is 1. The molecule has 1 aliphatic heterocycles. The molecule has 18 heavy (non-hydrogen) atoms. The van der Waals surface area contributed by atoms with Crippen molar-refractivity contribution in [2.24, 2.45) is 11.8 Å². The standard InChI is InChI=1S/C16H32N2/c1-17-11-8-12-18(2)14-16(13-17)15-9-6-4-3-5-7-10-15/h15-16H,3-14H2,1-2H3. The summed E-state index contributed by atoms with van der Waals surface area (Å²) in [7, 11) is 4.64. The van der Waals surface area contributed by atoms with Crippen LogP contribution in [0.2, 0.25) is 0 Å². The van der Waals surface area contributed by atoms with Crippen molar-refractivity contribution < 1.29 is 0 Å². The van der Waals surface area contributed by atoms with E-state index in [0.717, 1.165) is 11.8 Å². The number of hydrogen-bond acceptors (Lipinski definition) is 2. The molecule has 0 radical (unpaired) electrons. The summed E-state index contributed by atoms with van der Waals surface area (Å²) in [6, 6.07) is 0. The molecule has 0 aromatic carbocycles. The normalized spacial score (nSPS) is 28.3. The molecule has 2 nitrogen and oxygen atoms in total. The van der Waals surface area contributed by atoms with Crippen LogP contribution in [0.15, 0.2) is 0 Å². The SMILES string of the molecule is CN1CCCN(C)CC(C2CCCCCCC2)C1. The summed E-state index contributed by atoms with van der Waals surface area (Å²) in [6.45, 7) is 5.23. The first-order chi connectivity index (χ1) is 8.75. The Morgan fingerprint density at radius 2 is 1.11 bits per heavy atom. The Bertz CT molecular complexity index is 209. The lowest BCUT2D eigenvalue weighted by Gasteiger charge is -2.37. The average molecular weight is 252 g/mol. The highest BCUT2D eigenvalue weighted by atomic mass is 15.1. The molecule has 0 aromatic rings. The van der Waals surface area contributed by atoms with Crippen LogP contribution in [0.25, 0.3) is 0 Å². The predicted molar refractivity (Wildman–Crippen MR) is 78.9 cm³/mol. The van der Waals surface area contributed by atoms with Crippen LogP contribution < -0.4 is 0 Å². The monoisotopic (exact) mass is 252 g/mol. The second-order valence-electron chi connectivity index (χ2n) is 6.74. The third-order valence-electron chi connectivity index (χ3n) is 4.99. The molecule has 1 heterocycles. The lowest BCUT2D eigenvalue weighted by molar-refractivity contribution is 0.122. The average Bonchev–Trinajstić information content (AvgIpc) is 2.25. The van der Waals surface area contributed by atoms with Crippen molar-refractivity contribution in [1.82, 2.24) is 9.80 Å². The zero-order valence-corrected chi connectivity index (χ0v) is 12.5. The second-order valence-corrected chi connectivity index (χ2v) is 6.74. The summed E-state index contributed by atoms with van der Waals surface area (Å²) in [5.74, 6) is 1.91. The van der Waals surface area contributed by atoms with E-state index in [0.29, 0.717) is 0 Å². The first kappa shape index (κ1) is 14.3. The predicted octanol–water partition coefficient (Wildman–Crippen LogP) is 3.23. The fourth-order valence-electron chi connectivity index (χ4n) is 3.91. The van der Waals surface area contributed by atoms with E-state index in [2.05, 4.69) is 23.9 Å². The van der Waals surface area contributed by atoms with E-state index in [4.69, 9.17) is 0 Å². The molecule has 0 amide bonds. The highest BCUT2D eigenvalue weighted by molar-refractivity contribution is 4.79. The summed E-state index contributed by atoms with van der Waals surface area (Å²) in [5.41, 5.74) is 0. The maximum atomic E-state index is 2.58. The molecule has 2 rings (SSSR count). The molecule has 0 unspecified atom stereocenters. The molecule has 0 atom stereocenters. The number of hydrogen-bond donors (Lipinski definition) is 0. The van der Waals surface area contributed by atoms with Crippen molar-refractivity contribution in [3.8, 4) is 0 Å². The Kier molecular flexibility index (Phi) is 5.97. The lowest BCUT2D eigenvalue weighted by atomic mass is 9.81. The van der Waals surface area contributed by atoms with Gasteiger partial charge in [-0.1, -0.05) is 44.9 Å². The summed E-state index contributed by atoms with van der Waals surface area (Å²) >= 11 is 0. The van der Waals surface area contributed by atoms with Crippen LogP contribution in [-0.2, 0) is 0 Å². The van der Waals surface area contributed by atoms with Crippen LogP contribution in [0.4, 0.5) is 0 Å². The van der Waals surface area contributed by atoms with Crippen LogP contribution in [0.5, 0.6) is 0 Å². The third kappa shape index (κ3) is 4.55. The minimum atomic E-state index is 0.915. The Balaban J connectivity index is 1.92. The fourth-order valence-corrected chi connectivity index (χ4v) is 3.91. The van der Waals surface area contributed by atoms with Gasteiger partial charge < -0.3 is 9.80 Å². The van der Waals surface area contributed by atoms with Gasteiger partial charge in [0.15, 0.2) is 0 Å². The van der Waals surface area contributed by atoms with Crippen LogP contribution in [-0.4, -0.2) is 50.1 Å². The molecule has 2 heteroatoms. The van der Waals surface area contributed by atoms with Gasteiger partial charge in [0.25, 0.3) is 0 Å². The van der Waals surface area contributed by atoms with E-state index in [9.17, 15) is 0 Å².